The topological polar surface area (TPSA) is 36.7 Å². The Morgan fingerprint density at radius 3 is 2.56 bits per heavy atom. The Labute approximate surface area is 95.2 Å². The maximum atomic E-state index is 8.97. The van der Waals surface area contributed by atoms with E-state index in [1.807, 2.05) is 24.3 Å². The number of nitriles is 1. The van der Waals surface area contributed by atoms with Crippen molar-refractivity contribution >= 4 is 0 Å². The average Bonchev–Trinajstić information content (AvgIpc) is 2.39. The zero-order chi connectivity index (χ0) is 11.4. The van der Waals surface area contributed by atoms with Crippen LogP contribution in [0.1, 0.15) is 18.2 Å². The van der Waals surface area contributed by atoms with Crippen molar-refractivity contribution in [1.82, 2.24) is 4.98 Å². The van der Waals surface area contributed by atoms with Crippen LogP contribution >= 0.6 is 0 Å². The van der Waals surface area contributed by atoms with Crippen molar-refractivity contribution in [3.8, 4) is 17.2 Å². The van der Waals surface area contributed by atoms with Crippen molar-refractivity contribution in [3.05, 3.63) is 53.9 Å². The van der Waals surface area contributed by atoms with E-state index < -0.39 is 0 Å². The molecule has 0 N–H and O–H groups in total. The van der Waals surface area contributed by atoms with Crippen LogP contribution in [0.25, 0.3) is 11.1 Å². The number of hydrogen-bond donors (Lipinski definition) is 0. The summed E-state index contributed by atoms with van der Waals surface area (Å²) >= 11 is 0. The van der Waals surface area contributed by atoms with Crippen molar-refractivity contribution in [1.29, 1.82) is 5.26 Å². The van der Waals surface area contributed by atoms with E-state index in [-0.39, 0.29) is 0 Å². The largest absolute Gasteiger partial charge is 0.245 e. The quantitative estimate of drug-likeness (QED) is 0.760. The second kappa shape index (κ2) is 4.59. The molecule has 0 spiro atoms. The van der Waals surface area contributed by atoms with Gasteiger partial charge in [0.25, 0.3) is 0 Å². The van der Waals surface area contributed by atoms with Crippen molar-refractivity contribution in [2.45, 2.75) is 13.3 Å². The molecule has 0 unspecified atom stereocenters. The van der Waals surface area contributed by atoms with Gasteiger partial charge in [0.15, 0.2) is 0 Å². The van der Waals surface area contributed by atoms with Crippen LogP contribution in [-0.4, -0.2) is 4.98 Å². The SMILES string of the molecule is CCc1ccc(-c2cccnc2C#N)cc1. The number of aromatic nitrogens is 1. The molecule has 0 radical (unpaired) electrons. The summed E-state index contributed by atoms with van der Waals surface area (Å²) in [5, 5.41) is 8.97. The Balaban J connectivity index is 2.47. The van der Waals surface area contributed by atoms with Crippen LogP contribution in [0.2, 0.25) is 0 Å². The van der Waals surface area contributed by atoms with E-state index in [1.165, 1.54) is 5.56 Å². The van der Waals surface area contributed by atoms with Crippen LogP contribution in [0.5, 0.6) is 0 Å². The third kappa shape index (κ3) is 1.94. The van der Waals surface area contributed by atoms with E-state index in [2.05, 4.69) is 30.1 Å². The Morgan fingerprint density at radius 1 is 1.19 bits per heavy atom. The summed E-state index contributed by atoms with van der Waals surface area (Å²) in [7, 11) is 0. The lowest BCUT2D eigenvalue weighted by Gasteiger charge is -2.04. The van der Waals surface area contributed by atoms with Crippen LogP contribution in [0.4, 0.5) is 0 Å². The second-order valence-electron chi connectivity index (χ2n) is 3.56. The number of nitrogens with zero attached hydrogens (tertiary/aromatic N) is 2. The molecule has 2 nitrogen and oxygen atoms in total. The minimum absolute atomic E-state index is 0.478. The van der Waals surface area contributed by atoms with Gasteiger partial charge in [0.1, 0.15) is 11.8 Å². The van der Waals surface area contributed by atoms with Crippen molar-refractivity contribution in [2.75, 3.05) is 0 Å². The fourth-order valence-corrected chi connectivity index (χ4v) is 1.65. The van der Waals surface area contributed by atoms with Gasteiger partial charge in [0.05, 0.1) is 0 Å². The van der Waals surface area contributed by atoms with Gasteiger partial charge in [-0.05, 0) is 29.7 Å². The molecule has 0 aliphatic carbocycles. The predicted molar refractivity (Wildman–Crippen MR) is 63.8 cm³/mol. The van der Waals surface area contributed by atoms with E-state index in [1.54, 1.807) is 6.20 Å². The van der Waals surface area contributed by atoms with Gasteiger partial charge in [-0.2, -0.15) is 5.26 Å². The summed E-state index contributed by atoms with van der Waals surface area (Å²) in [6.07, 6.45) is 2.67. The summed E-state index contributed by atoms with van der Waals surface area (Å²) in [4.78, 5) is 4.06. The third-order valence-electron chi connectivity index (χ3n) is 2.59. The van der Waals surface area contributed by atoms with Gasteiger partial charge in [-0.15, -0.1) is 0 Å². The highest BCUT2D eigenvalue weighted by molar-refractivity contribution is 5.68. The minimum Gasteiger partial charge on any atom is -0.245 e. The highest BCUT2D eigenvalue weighted by Gasteiger charge is 2.04. The molecule has 0 amide bonds. The van der Waals surface area contributed by atoms with Gasteiger partial charge in [0.2, 0.25) is 0 Å². The third-order valence-corrected chi connectivity index (χ3v) is 2.59. The second-order valence-corrected chi connectivity index (χ2v) is 3.56. The first-order chi connectivity index (χ1) is 7.85. The fraction of sp³-hybridized carbons (Fsp3) is 0.143. The van der Waals surface area contributed by atoms with Crippen molar-refractivity contribution < 1.29 is 0 Å². The molecule has 0 aliphatic rings. The fourth-order valence-electron chi connectivity index (χ4n) is 1.65. The molecule has 2 heteroatoms. The molecule has 16 heavy (non-hydrogen) atoms. The maximum Gasteiger partial charge on any atom is 0.148 e. The lowest BCUT2D eigenvalue weighted by molar-refractivity contribution is 1.14. The molecule has 0 bridgehead atoms. The Kier molecular flexibility index (Phi) is 2.98. The van der Waals surface area contributed by atoms with Crippen LogP contribution < -0.4 is 0 Å². The first-order valence-corrected chi connectivity index (χ1v) is 5.29. The highest BCUT2D eigenvalue weighted by atomic mass is 14.7. The van der Waals surface area contributed by atoms with E-state index in [4.69, 9.17) is 5.26 Å². The van der Waals surface area contributed by atoms with Gasteiger partial charge < -0.3 is 0 Å². The van der Waals surface area contributed by atoms with Crippen LogP contribution in [0, 0.1) is 11.3 Å². The monoisotopic (exact) mass is 208 g/mol. The zero-order valence-electron chi connectivity index (χ0n) is 9.14. The molecule has 0 aliphatic heterocycles. The van der Waals surface area contributed by atoms with Gasteiger partial charge in [-0.25, -0.2) is 4.98 Å². The van der Waals surface area contributed by atoms with Crippen LogP contribution in [0.3, 0.4) is 0 Å². The lowest BCUT2D eigenvalue weighted by Crippen LogP contribution is -1.88. The Hall–Kier alpha value is -2.14. The number of rotatable bonds is 2. The number of pyridine rings is 1. The number of hydrogen-bond acceptors (Lipinski definition) is 2. The predicted octanol–water partition coefficient (Wildman–Crippen LogP) is 3.18. The van der Waals surface area contributed by atoms with Crippen molar-refractivity contribution in [2.24, 2.45) is 0 Å². The van der Waals surface area contributed by atoms with Crippen molar-refractivity contribution in [3.63, 3.8) is 0 Å². The number of benzene rings is 1. The van der Waals surface area contributed by atoms with E-state index in [9.17, 15) is 0 Å². The summed E-state index contributed by atoms with van der Waals surface area (Å²) in [5.41, 5.74) is 3.72. The maximum absolute atomic E-state index is 8.97. The smallest absolute Gasteiger partial charge is 0.148 e. The molecule has 1 aromatic carbocycles. The van der Waals surface area contributed by atoms with E-state index in [0.717, 1.165) is 17.5 Å². The molecule has 2 rings (SSSR count). The first kappa shape index (κ1) is 10.4. The van der Waals surface area contributed by atoms with E-state index in [0.29, 0.717) is 5.69 Å². The van der Waals surface area contributed by atoms with Crippen LogP contribution in [0.15, 0.2) is 42.6 Å². The summed E-state index contributed by atoms with van der Waals surface area (Å²) < 4.78 is 0. The normalized spacial score (nSPS) is 9.75. The molecule has 2 aromatic rings. The van der Waals surface area contributed by atoms with Crippen LogP contribution in [-0.2, 0) is 6.42 Å². The molecule has 1 heterocycles. The summed E-state index contributed by atoms with van der Waals surface area (Å²) in [5.74, 6) is 0. The standard InChI is InChI=1S/C14H12N2/c1-2-11-5-7-12(8-6-11)13-4-3-9-16-14(13)10-15/h3-9H,2H2,1H3. The summed E-state index contributed by atoms with van der Waals surface area (Å²) in [6, 6.07) is 14.1. The average molecular weight is 208 g/mol. The molecule has 0 atom stereocenters. The molecule has 0 saturated carbocycles. The molecule has 0 saturated heterocycles. The lowest BCUT2D eigenvalue weighted by atomic mass is 10.0. The minimum atomic E-state index is 0.478. The summed E-state index contributed by atoms with van der Waals surface area (Å²) in [6.45, 7) is 2.12. The molecule has 1 aromatic heterocycles. The highest BCUT2D eigenvalue weighted by Crippen LogP contribution is 2.22. The zero-order valence-corrected chi connectivity index (χ0v) is 9.14. The van der Waals surface area contributed by atoms with Gasteiger partial charge in [-0.3, -0.25) is 0 Å². The van der Waals surface area contributed by atoms with Gasteiger partial charge in [-0.1, -0.05) is 31.2 Å². The van der Waals surface area contributed by atoms with Gasteiger partial charge in [0, 0.05) is 11.8 Å². The Bertz CT molecular complexity index is 521. The molecular weight excluding hydrogens is 196 g/mol. The molecule has 78 valence electrons. The first-order valence-electron chi connectivity index (χ1n) is 5.29. The number of aryl methyl sites for hydroxylation is 1. The van der Waals surface area contributed by atoms with Gasteiger partial charge >= 0.3 is 0 Å². The molecule has 0 fully saturated rings. The molecular formula is C14H12N2. The van der Waals surface area contributed by atoms with E-state index >= 15 is 0 Å². The Morgan fingerprint density at radius 2 is 1.94 bits per heavy atom.